The third-order valence-corrected chi connectivity index (χ3v) is 9.23. The van der Waals surface area contributed by atoms with Crippen molar-refractivity contribution >= 4 is 15.9 Å². The second-order valence-electron chi connectivity index (χ2n) is 9.53. The molecule has 1 atom stereocenters. The third-order valence-electron chi connectivity index (χ3n) is 7.31. The molecule has 3 aromatic rings. The van der Waals surface area contributed by atoms with Crippen molar-refractivity contribution in [1.29, 1.82) is 0 Å². The highest BCUT2D eigenvalue weighted by Gasteiger charge is 2.40. The van der Waals surface area contributed by atoms with Crippen molar-refractivity contribution in [3.63, 3.8) is 0 Å². The van der Waals surface area contributed by atoms with Gasteiger partial charge in [-0.3, -0.25) is 9.69 Å². The summed E-state index contributed by atoms with van der Waals surface area (Å²) >= 11 is 0. The number of rotatable bonds is 6. The number of hydrogen-bond acceptors (Lipinski definition) is 4. The molecule has 0 N–H and O–H groups in total. The molecule has 1 amide bonds. The summed E-state index contributed by atoms with van der Waals surface area (Å²) in [6, 6.07) is 28.9. The van der Waals surface area contributed by atoms with Gasteiger partial charge in [-0.15, -0.1) is 0 Å². The lowest BCUT2D eigenvalue weighted by molar-refractivity contribution is -0.138. The first-order valence-electron chi connectivity index (χ1n) is 12.8. The van der Waals surface area contributed by atoms with Gasteiger partial charge in [0.05, 0.1) is 10.9 Å². The lowest BCUT2D eigenvalue weighted by atomic mass is 9.96. The maximum Gasteiger partial charge on any atom is 0.243 e. The first kappa shape index (κ1) is 24.7. The lowest BCUT2D eigenvalue weighted by Gasteiger charge is -2.42. The number of benzene rings is 3. The Morgan fingerprint density at radius 2 is 1.22 bits per heavy atom. The van der Waals surface area contributed by atoms with Gasteiger partial charge in [0.25, 0.3) is 0 Å². The fourth-order valence-electron chi connectivity index (χ4n) is 5.46. The summed E-state index contributed by atoms with van der Waals surface area (Å²) in [4.78, 5) is 18.2. The van der Waals surface area contributed by atoms with Gasteiger partial charge in [-0.2, -0.15) is 4.31 Å². The molecule has 0 spiro atoms. The van der Waals surface area contributed by atoms with Gasteiger partial charge in [-0.1, -0.05) is 85.3 Å². The number of hydrogen-bond donors (Lipinski definition) is 0. The topological polar surface area (TPSA) is 60.9 Å². The van der Waals surface area contributed by atoms with Crippen LogP contribution >= 0.6 is 0 Å². The minimum Gasteiger partial charge on any atom is -0.339 e. The normalized spacial score (nSPS) is 19.9. The van der Waals surface area contributed by atoms with Crippen LogP contribution in [-0.2, 0) is 14.8 Å². The van der Waals surface area contributed by atoms with Crippen molar-refractivity contribution in [1.82, 2.24) is 14.1 Å². The van der Waals surface area contributed by atoms with Gasteiger partial charge in [0, 0.05) is 32.7 Å². The highest BCUT2D eigenvalue weighted by atomic mass is 32.2. The highest BCUT2D eigenvalue weighted by molar-refractivity contribution is 7.89. The van der Waals surface area contributed by atoms with Crippen molar-refractivity contribution in [2.75, 3.05) is 32.7 Å². The van der Waals surface area contributed by atoms with Gasteiger partial charge in [0.15, 0.2) is 0 Å². The van der Waals surface area contributed by atoms with Crippen LogP contribution in [0.3, 0.4) is 0 Å². The molecule has 188 valence electrons. The molecular weight excluding hydrogens is 470 g/mol. The number of carbonyl (C=O) groups excluding carboxylic acids is 1. The Bertz CT molecular complexity index is 1210. The number of piperidine rings is 1. The molecule has 0 bridgehead atoms. The number of nitrogens with zero attached hydrogens (tertiary/aromatic N) is 3. The third kappa shape index (κ3) is 5.09. The largest absolute Gasteiger partial charge is 0.339 e. The van der Waals surface area contributed by atoms with Crippen LogP contribution in [0.4, 0.5) is 0 Å². The molecule has 6 nitrogen and oxygen atoms in total. The molecular formula is C29H33N3O3S. The molecule has 2 aliphatic rings. The van der Waals surface area contributed by atoms with Gasteiger partial charge in [-0.05, 0) is 36.1 Å². The molecule has 2 heterocycles. The Kier molecular flexibility index (Phi) is 7.51. The quantitative estimate of drug-likeness (QED) is 0.507. The molecule has 3 aromatic carbocycles. The smallest absolute Gasteiger partial charge is 0.243 e. The minimum absolute atomic E-state index is 0.0650. The van der Waals surface area contributed by atoms with Crippen LogP contribution in [0.2, 0.25) is 0 Å². The number of amides is 1. The number of carbonyl (C=O) groups is 1. The fraction of sp³-hybridized carbons (Fsp3) is 0.345. The highest BCUT2D eigenvalue weighted by Crippen LogP contribution is 2.31. The standard InChI is InChI=1S/C29H33N3O3S/c33-29(27-18-10-11-19-32(27)36(34,35)26-16-8-3-9-17-26)31-22-20-30(21-23-31)28(24-12-4-1-5-13-24)25-14-6-2-7-15-25/h1-9,12-17,27-28H,10-11,18-23H2/t27-/m0/s1. The summed E-state index contributed by atoms with van der Waals surface area (Å²) in [6.45, 7) is 3.03. The van der Waals surface area contributed by atoms with E-state index < -0.39 is 16.1 Å². The molecule has 0 aromatic heterocycles. The zero-order valence-electron chi connectivity index (χ0n) is 20.4. The van der Waals surface area contributed by atoms with E-state index in [0.29, 0.717) is 26.1 Å². The summed E-state index contributed by atoms with van der Waals surface area (Å²) in [5.74, 6) is -0.0650. The predicted octanol–water partition coefficient (Wildman–Crippen LogP) is 4.16. The average molecular weight is 504 g/mol. The second kappa shape index (κ2) is 10.9. The monoisotopic (exact) mass is 503 g/mol. The molecule has 2 aliphatic heterocycles. The fourth-order valence-corrected chi connectivity index (χ4v) is 7.14. The first-order chi connectivity index (χ1) is 17.6. The first-order valence-corrected chi connectivity index (χ1v) is 14.2. The van der Waals surface area contributed by atoms with Crippen LogP contribution in [0.1, 0.15) is 36.4 Å². The summed E-state index contributed by atoms with van der Waals surface area (Å²) < 4.78 is 28.2. The zero-order valence-corrected chi connectivity index (χ0v) is 21.3. The Hall–Kier alpha value is -3.00. The maximum atomic E-state index is 13.7. The van der Waals surface area contributed by atoms with Crippen LogP contribution in [-0.4, -0.2) is 67.2 Å². The molecule has 0 saturated carbocycles. The Labute approximate surface area is 214 Å². The zero-order chi connectivity index (χ0) is 25.0. The lowest BCUT2D eigenvalue weighted by Crippen LogP contribution is -2.57. The van der Waals surface area contributed by atoms with Crippen molar-refractivity contribution in [3.05, 3.63) is 102 Å². The van der Waals surface area contributed by atoms with Crippen molar-refractivity contribution in [2.45, 2.75) is 36.2 Å². The van der Waals surface area contributed by atoms with Crippen LogP contribution in [0, 0.1) is 0 Å². The average Bonchev–Trinajstić information content (AvgIpc) is 2.95. The van der Waals surface area contributed by atoms with E-state index in [1.165, 1.54) is 15.4 Å². The Morgan fingerprint density at radius 3 is 1.78 bits per heavy atom. The molecule has 0 unspecified atom stereocenters. The van der Waals surface area contributed by atoms with E-state index in [0.717, 1.165) is 25.9 Å². The van der Waals surface area contributed by atoms with Gasteiger partial charge < -0.3 is 4.90 Å². The van der Waals surface area contributed by atoms with Gasteiger partial charge in [0.1, 0.15) is 6.04 Å². The second-order valence-corrected chi connectivity index (χ2v) is 11.4. The van der Waals surface area contributed by atoms with Crippen LogP contribution in [0.15, 0.2) is 95.9 Å². The van der Waals surface area contributed by atoms with E-state index in [1.807, 2.05) is 17.0 Å². The van der Waals surface area contributed by atoms with Crippen molar-refractivity contribution in [2.24, 2.45) is 0 Å². The van der Waals surface area contributed by atoms with Crippen molar-refractivity contribution < 1.29 is 13.2 Å². The Balaban J connectivity index is 1.32. The van der Waals surface area contributed by atoms with Gasteiger partial charge >= 0.3 is 0 Å². The summed E-state index contributed by atoms with van der Waals surface area (Å²) in [6.07, 6.45) is 2.21. The van der Waals surface area contributed by atoms with Gasteiger partial charge in [-0.25, -0.2) is 8.42 Å². The maximum absolute atomic E-state index is 13.7. The molecule has 0 aliphatic carbocycles. The Morgan fingerprint density at radius 1 is 0.694 bits per heavy atom. The molecule has 2 fully saturated rings. The molecule has 0 radical (unpaired) electrons. The van der Waals surface area contributed by atoms with Crippen LogP contribution in [0.25, 0.3) is 0 Å². The van der Waals surface area contributed by atoms with Crippen LogP contribution in [0.5, 0.6) is 0 Å². The van der Waals surface area contributed by atoms with E-state index in [-0.39, 0.29) is 16.8 Å². The van der Waals surface area contributed by atoms with E-state index in [1.54, 1.807) is 30.3 Å². The van der Waals surface area contributed by atoms with E-state index in [2.05, 4.69) is 53.4 Å². The van der Waals surface area contributed by atoms with E-state index >= 15 is 0 Å². The molecule has 2 saturated heterocycles. The summed E-state index contributed by atoms with van der Waals surface area (Å²) in [5, 5.41) is 0. The van der Waals surface area contributed by atoms with Crippen molar-refractivity contribution in [3.8, 4) is 0 Å². The van der Waals surface area contributed by atoms with E-state index in [4.69, 9.17) is 0 Å². The number of sulfonamides is 1. The minimum atomic E-state index is -3.72. The molecule has 7 heteroatoms. The number of piperazine rings is 1. The van der Waals surface area contributed by atoms with Gasteiger partial charge in [0.2, 0.25) is 15.9 Å². The predicted molar refractivity (Wildman–Crippen MR) is 141 cm³/mol. The van der Waals surface area contributed by atoms with E-state index in [9.17, 15) is 13.2 Å². The van der Waals surface area contributed by atoms with Crippen LogP contribution < -0.4 is 0 Å². The SMILES string of the molecule is O=C([C@@H]1CCCCN1S(=O)(=O)c1ccccc1)N1CCN(C(c2ccccc2)c2ccccc2)CC1. The molecule has 5 rings (SSSR count). The molecule has 36 heavy (non-hydrogen) atoms. The summed E-state index contributed by atoms with van der Waals surface area (Å²) in [5.41, 5.74) is 2.46. The summed E-state index contributed by atoms with van der Waals surface area (Å²) in [7, 11) is -3.72.